The van der Waals surface area contributed by atoms with Gasteiger partial charge in [-0.1, -0.05) is 64.6 Å². The quantitative estimate of drug-likeness (QED) is 0.0408. The highest BCUT2D eigenvalue weighted by atomic mass is 32.2. The lowest BCUT2D eigenvalue weighted by atomic mass is 9.87. The molecule has 0 bridgehead atoms. The number of nitrogen functional groups attached to an aromatic ring is 1. The number of aliphatic hydroxyl groups is 3. The van der Waals surface area contributed by atoms with E-state index >= 15 is 0 Å². The number of phosphoric acid groups is 3. The number of amides is 2. The van der Waals surface area contributed by atoms with Crippen molar-refractivity contribution < 1.29 is 85.6 Å². The molecule has 0 aliphatic carbocycles. The minimum atomic E-state index is -5.58. The Kier molecular flexibility index (Phi) is 21.5. The number of imidazole rings is 1. The van der Waals surface area contributed by atoms with Crippen LogP contribution in [-0.4, -0.2) is 134 Å². The van der Waals surface area contributed by atoms with Crippen molar-refractivity contribution in [1.82, 2.24) is 30.2 Å². The molecule has 2 amide bonds. The molecular weight excluding hydrogens is 907 g/mol. The first-order valence-corrected chi connectivity index (χ1v) is 25.2. The molecule has 0 aromatic carbocycles. The van der Waals surface area contributed by atoms with Crippen molar-refractivity contribution in [3.63, 3.8) is 0 Å². The topological polar surface area (TPSA) is 384 Å². The molecule has 25 nitrogen and oxygen atoms in total. The molecule has 3 rings (SSSR count). The van der Waals surface area contributed by atoms with Gasteiger partial charge in [0.1, 0.15) is 36.3 Å². The lowest BCUT2D eigenvalue weighted by molar-refractivity contribution is -0.137. The van der Waals surface area contributed by atoms with E-state index in [-0.39, 0.29) is 47.7 Å². The summed E-state index contributed by atoms with van der Waals surface area (Å²) in [5.41, 5.74) is 4.26. The van der Waals surface area contributed by atoms with Gasteiger partial charge in [0.2, 0.25) is 11.8 Å². The van der Waals surface area contributed by atoms with Crippen LogP contribution in [0.15, 0.2) is 12.7 Å². The van der Waals surface area contributed by atoms with Gasteiger partial charge in [0, 0.05) is 37.1 Å². The second kappa shape index (κ2) is 24.7. The molecule has 29 heteroatoms. The zero-order valence-electron chi connectivity index (χ0n) is 34.5. The van der Waals surface area contributed by atoms with Crippen LogP contribution in [0.2, 0.25) is 0 Å². The Morgan fingerprint density at radius 3 is 2.32 bits per heavy atom. The number of rotatable bonds is 29. The zero-order chi connectivity index (χ0) is 46.3. The van der Waals surface area contributed by atoms with E-state index in [1.165, 1.54) is 13.8 Å². The van der Waals surface area contributed by atoms with Gasteiger partial charge in [-0.3, -0.25) is 32.5 Å². The number of nitrogens with one attached hydrogen (secondary N) is 2. The van der Waals surface area contributed by atoms with Crippen LogP contribution in [0.25, 0.3) is 11.2 Å². The molecule has 8 unspecified atom stereocenters. The maximum Gasteiger partial charge on any atom is 0.481 e. The van der Waals surface area contributed by atoms with Crippen LogP contribution in [0.1, 0.15) is 91.2 Å². The standard InChI is InChI=1S/C33H58N7O18P3S/c1-4-10-21(41)11-8-6-5-7-9-12-24(43)62-16-15-35-23(42)13-14-36-31(46)28(45)33(2,3)18-55-61(52,53)58-60(50,51)54-17-22-27(57-59(47,48)49)26(44)32(56-22)40-20-39-25-29(34)37-19-38-30(25)40/h19-22,26-28,32,41,44-45H,4-18H2,1-3H3,(H,35,42)(H,36,46)(H,50,51)(H,52,53)(H2,34,37,38)(H2,47,48,49). The fourth-order valence-electron chi connectivity index (χ4n) is 6.02. The summed E-state index contributed by atoms with van der Waals surface area (Å²) in [5.74, 6) is -1.09. The monoisotopic (exact) mass is 965 g/mol. The lowest BCUT2D eigenvalue weighted by Crippen LogP contribution is -2.46. The molecule has 62 heavy (non-hydrogen) atoms. The summed E-state index contributed by atoms with van der Waals surface area (Å²) in [7, 11) is -16.4. The van der Waals surface area contributed by atoms with E-state index in [1.54, 1.807) is 0 Å². The Morgan fingerprint density at radius 2 is 1.63 bits per heavy atom. The Morgan fingerprint density at radius 1 is 0.952 bits per heavy atom. The summed E-state index contributed by atoms with van der Waals surface area (Å²) < 4.78 is 62.3. The molecule has 2 aromatic heterocycles. The van der Waals surface area contributed by atoms with Gasteiger partial charge in [-0.2, -0.15) is 4.31 Å². The average molecular weight is 966 g/mol. The number of fused-ring (bicyclic) bond motifs is 1. The summed E-state index contributed by atoms with van der Waals surface area (Å²) in [6.07, 6.45) is 0.514. The van der Waals surface area contributed by atoms with E-state index in [0.717, 1.165) is 80.4 Å². The van der Waals surface area contributed by atoms with E-state index < -0.39 is 84.6 Å². The first kappa shape index (κ1) is 53.9. The van der Waals surface area contributed by atoms with Gasteiger partial charge in [0.25, 0.3) is 0 Å². The zero-order valence-corrected chi connectivity index (χ0v) is 38.0. The molecule has 0 spiro atoms. The van der Waals surface area contributed by atoms with Gasteiger partial charge in [0.05, 0.1) is 25.6 Å². The Labute approximate surface area is 361 Å². The van der Waals surface area contributed by atoms with Crippen molar-refractivity contribution in [2.75, 3.05) is 37.8 Å². The van der Waals surface area contributed by atoms with Crippen LogP contribution in [0.3, 0.4) is 0 Å². The predicted molar refractivity (Wildman–Crippen MR) is 220 cm³/mol. The van der Waals surface area contributed by atoms with Gasteiger partial charge in [-0.05, 0) is 19.3 Å². The van der Waals surface area contributed by atoms with Gasteiger partial charge in [-0.15, -0.1) is 0 Å². The number of hydrogen-bond acceptors (Lipinski definition) is 19. The molecule has 11 N–H and O–H groups in total. The number of carbonyl (C=O) groups is 3. The number of thioether (sulfide) groups is 1. The van der Waals surface area contributed by atoms with Crippen LogP contribution < -0.4 is 16.4 Å². The fourth-order valence-corrected chi connectivity index (χ4v) is 9.57. The number of anilines is 1. The summed E-state index contributed by atoms with van der Waals surface area (Å²) >= 11 is 1.11. The van der Waals surface area contributed by atoms with Crippen LogP contribution in [0.4, 0.5) is 5.82 Å². The SMILES string of the molecule is CCCC(O)CCCCCCCC(=O)SCCNC(=O)CCNC(=O)C(O)C(C)(C)COP(=O)(O)OP(=O)(O)OCC1OC(n2cnc3c(N)ncnc32)C(O)C1OP(=O)(O)O. The molecule has 3 heterocycles. The van der Waals surface area contributed by atoms with E-state index in [0.29, 0.717) is 12.2 Å². The fraction of sp³-hybridized carbons (Fsp3) is 0.758. The van der Waals surface area contributed by atoms with Crippen LogP contribution >= 0.6 is 35.2 Å². The maximum atomic E-state index is 12.7. The minimum absolute atomic E-state index is 0.0227. The largest absolute Gasteiger partial charge is 0.481 e. The number of aromatic nitrogens is 4. The molecule has 2 aromatic rings. The van der Waals surface area contributed by atoms with E-state index in [4.69, 9.17) is 19.5 Å². The van der Waals surface area contributed by atoms with Crippen molar-refractivity contribution in [2.45, 2.75) is 122 Å². The Balaban J connectivity index is 1.38. The summed E-state index contributed by atoms with van der Waals surface area (Å²) in [6.45, 7) is 2.54. The number of nitrogens with zero attached hydrogens (tertiary/aromatic N) is 4. The van der Waals surface area contributed by atoms with E-state index in [2.05, 4.69) is 34.4 Å². The van der Waals surface area contributed by atoms with E-state index in [9.17, 15) is 63.0 Å². The molecule has 0 radical (unpaired) electrons. The molecule has 1 fully saturated rings. The number of hydrogen-bond donors (Lipinski definition) is 10. The first-order valence-electron chi connectivity index (χ1n) is 19.7. The average Bonchev–Trinajstić information content (AvgIpc) is 3.74. The van der Waals surface area contributed by atoms with Gasteiger partial charge in [-0.25, -0.2) is 28.6 Å². The molecule has 0 saturated carbocycles. The van der Waals surface area contributed by atoms with Crippen molar-refractivity contribution in [3.8, 4) is 0 Å². The maximum absolute atomic E-state index is 12.7. The Bertz CT molecular complexity index is 1920. The van der Waals surface area contributed by atoms with Crippen molar-refractivity contribution in [2.24, 2.45) is 5.41 Å². The highest BCUT2D eigenvalue weighted by Crippen LogP contribution is 2.61. The number of nitrogens with two attached hydrogens (primary N) is 1. The number of ether oxygens (including phenoxy) is 1. The normalized spacial score (nSPS) is 21.3. The van der Waals surface area contributed by atoms with Gasteiger partial charge in [0.15, 0.2) is 22.8 Å². The Hall–Kier alpha value is -2.48. The third kappa shape index (κ3) is 18.2. The number of carbonyl (C=O) groups excluding carboxylic acids is 3. The van der Waals surface area contributed by atoms with Crippen molar-refractivity contribution in [1.29, 1.82) is 0 Å². The van der Waals surface area contributed by atoms with E-state index in [1.807, 2.05) is 6.92 Å². The first-order chi connectivity index (χ1) is 28.9. The summed E-state index contributed by atoms with van der Waals surface area (Å²) in [6, 6.07) is 0. The highest BCUT2D eigenvalue weighted by molar-refractivity contribution is 8.13. The molecule has 354 valence electrons. The van der Waals surface area contributed by atoms with Gasteiger partial charge >= 0.3 is 23.5 Å². The number of phosphoric ester groups is 3. The second-order valence-electron chi connectivity index (χ2n) is 15.0. The van der Waals surface area contributed by atoms with Gasteiger partial charge < -0.3 is 56.0 Å². The molecule has 8 atom stereocenters. The molecule has 1 saturated heterocycles. The highest BCUT2D eigenvalue weighted by Gasteiger charge is 2.50. The molecular formula is C33H58N7O18P3S. The van der Waals surface area contributed by atoms with Crippen molar-refractivity contribution >= 4 is 69.1 Å². The smallest absolute Gasteiger partial charge is 0.393 e. The second-order valence-corrected chi connectivity index (χ2v) is 20.4. The van der Waals surface area contributed by atoms with Crippen LogP contribution in [0.5, 0.6) is 0 Å². The van der Waals surface area contributed by atoms with Crippen molar-refractivity contribution in [3.05, 3.63) is 12.7 Å². The third-order valence-electron chi connectivity index (χ3n) is 9.30. The summed E-state index contributed by atoms with van der Waals surface area (Å²) in [5, 5.41) is 36.3. The molecule has 1 aliphatic heterocycles. The number of aliphatic hydroxyl groups excluding tert-OH is 3. The predicted octanol–water partition coefficient (Wildman–Crippen LogP) is 1.56. The third-order valence-corrected chi connectivity index (χ3v) is 13.3. The van der Waals surface area contributed by atoms with Crippen LogP contribution in [-0.2, 0) is 50.7 Å². The summed E-state index contributed by atoms with van der Waals surface area (Å²) in [4.78, 5) is 88.0. The lowest BCUT2D eigenvalue weighted by Gasteiger charge is -2.30. The molecule has 1 aliphatic rings. The number of unbranched alkanes of at least 4 members (excludes halogenated alkanes) is 4. The van der Waals surface area contributed by atoms with Crippen LogP contribution in [0, 0.1) is 5.41 Å². The minimum Gasteiger partial charge on any atom is -0.393 e.